The van der Waals surface area contributed by atoms with Gasteiger partial charge in [-0.2, -0.15) is 0 Å². The first-order valence-corrected chi connectivity index (χ1v) is 6.18. The molecule has 1 aliphatic heterocycles. The molecule has 0 bridgehead atoms. The Kier molecular flexibility index (Phi) is 4.56. The minimum atomic E-state index is -0.503. The van der Waals surface area contributed by atoms with Crippen LogP contribution in [0.5, 0.6) is 0 Å². The summed E-state index contributed by atoms with van der Waals surface area (Å²) in [7, 11) is 1.70. The molecular weight excluding hydrogens is 234 g/mol. The Morgan fingerprint density at radius 1 is 1.44 bits per heavy atom. The van der Waals surface area contributed by atoms with Gasteiger partial charge in [0.05, 0.1) is 12.6 Å². The molecule has 18 heavy (non-hydrogen) atoms. The molecule has 1 fully saturated rings. The van der Waals surface area contributed by atoms with Crippen LogP contribution in [-0.4, -0.2) is 60.1 Å². The monoisotopic (exact) mass is 257 g/mol. The van der Waals surface area contributed by atoms with E-state index in [0.717, 1.165) is 6.42 Å². The SMILES string of the molecule is CN(C(=O)OC(C)(C)C)C1CCN(C(=O)CN)C1. The number of likely N-dealkylation sites (tertiary alicyclic amines) is 1. The molecule has 0 aromatic heterocycles. The van der Waals surface area contributed by atoms with Gasteiger partial charge in [-0.05, 0) is 27.2 Å². The molecule has 1 saturated heterocycles. The van der Waals surface area contributed by atoms with Gasteiger partial charge in [-0.25, -0.2) is 4.79 Å². The maximum Gasteiger partial charge on any atom is 0.410 e. The molecular formula is C12H23N3O3. The first kappa shape index (κ1) is 14.8. The lowest BCUT2D eigenvalue weighted by Crippen LogP contribution is -2.43. The number of likely N-dealkylation sites (N-methyl/N-ethyl adjacent to an activating group) is 1. The summed E-state index contributed by atoms with van der Waals surface area (Å²) in [5, 5.41) is 0. The number of hydrogen-bond acceptors (Lipinski definition) is 4. The number of amides is 2. The molecule has 1 aliphatic rings. The maximum atomic E-state index is 11.9. The fraction of sp³-hybridized carbons (Fsp3) is 0.833. The minimum Gasteiger partial charge on any atom is -0.444 e. The Morgan fingerprint density at radius 3 is 2.56 bits per heavy atom. The molecule has 0 spiro atoms. The van der Waals surface area contributed by atoms with Crippen LogP contribution in [0.25, 0.3) is 0 Å². The molecule has 104 valence electrons. The number of carbonyl (C=O) groups is 2. The minimum absolute atomic E-state index is 0.00958. The smallest absolute Gasteiger partial charge is 0.410 e. The highest BCUT2D eigenvalue weighted by Gasteiger charge is 2.32. The van der Waals surface area contributed by atoms with Crippen molar-refractivity contribution in [1.82, 2.24) is 9.80 Å². The summed E-state index contributed by atoms with van der Waals surface area (Å²) in [5.41, 5.74) is 4.82. The lowest BCUT2D eigenvalue weighted by molar-refractivity contribution is -0.128. The number of nitrogens with zero attached hydrogens (tertiary/aromatic N) is 2. The number of nitrogens with two attached hydrogens (primary N) is 1. The van der Waals surface area contributed by atoms with E-state index in [4.69, 9.17) is 10.5 Å². The van der Waals surface area contributed by atoms with Crippen molar-refractivity contribution in [2.24, 2.45) is 5.73 Å². The zero-order valence-electron chi connectivity index (χ0n) is 11.6. The summed E-state index contributed by atoms with van der Waals surface area (Å²) < 4.78 is 5.29. The summed E-state index contributed by atoms with van der Waals surface area (Å²) in [6, 6.07) is 0.00958. The fourth-order valence-corrected chi connectivity index (χ4v) is 1.90. The Morgan fingerprint density at radius 2 is 2.06 bits per heavy atom. The first-order valence-electron chi connectivity index (χ1n) is 6.18. The van der Waals surface area contributed by atoms with E-state index in [-0.39, 0.29) is 24.6 Å². The second kappa shape index (κ2) is 5.56. The fourth-order valence-electron chi connectivity index (χ4n) is 1.90. The van der Waals surface area contributed by atoms with Gasteiger partial charge in [0, 0.05) is 20.1 Å². The molecule has 0 radical (unpaired) electrons. The van der Waals surface area contributed by atoms with Crippen LogP contribution in [0.1, 0.15) is 27.2 Å². The molecule has 1 heterocycles. The lowest BCUT2D eigenvalue weighted by atomic mass is 10.2. The molecule has 6 heteroatoms. The zero-order chi connectivity index (χ0) is 13.9. The van der Waals surface area contributed by atoms with Crippen molar-refractivity contribution in [3.05, 3.63) is 0 Å². The van der Waals surface area contributed by atoms with Gasteiger partial charge in [0.15, 0.2) is 0 Å². The predicted molar refractivity (Wildman–Crippen MR) is 68.0 cm³/mol. The van der Waals surface area contributed by atoms with Crippen molar-refractivity contribution in [3.8, 4) is 0 Å². The van der Waals surface area contributed by atoms with E-state index in [1.165, 1.54) is 0 Å². The predicted octanol–water partition coefficient (Wildman–Crippen LogP) is 0.413. The van der Waals surface area contributed by atoms with Crippen LogP contribution in [0.3, 0.4) is 0 Å². The second-order valence-corrected chi connectivity index (χ2v) is 5.58. The molecule has 0 aromatic rings. The summed E-state index contributed by atoms with van der Waals surface area (Å²) in [6.07, 6.45) is 0.413. The van der Waals surface area contributed by atoms with E-state index < -0.39 is 5.60 Å². The standard InChI is InChI=1S/C12H23N3O3/c1-12(2,3)18-11(17)14(4)9-5-6-15(8-9)10(16)7-13/h9H,5-8,13H2,1-4H3. The summed E-state index contributed by atoms with van der Waals surface area (Å²) in [4.78, 5) is 26.6. The normalized spacial score (nSPS) is 19.8. The molecule has 1 atom stereocenters. The average Bonchev–Trinajstić information content (AvgIpc) is 2.73. The second-order valence-electron chi connectivity index (χ2n) is 5.58. The van der Waals surface area contributed by atoms with Crippen LogP contribution in [0.15, 0.2) is 0 Å². The van der Waals surface area contributed by atoms with Crippen LogP contribution in [0, 0.1) is 0 Å². The van der Waals surface area contributed by atoms with E-state index >= 15 is 0 Å². The highest BCUT2D eigenvalue weighted by molar-refractivity contribution is 5.78. The molecule has 6 nitrogen and oxygen atoms in total. The molecule has 1 unspecified atom stereocenters. The third-order valence-corrected chi connectivity index (χ3v) is 2.92. The van der Waals surface area contributed by atoms with Crippen LogP contribution in [0.4, 0.5) is 4.79 Å². The number of hydrogen-bond donors (Lipinski definition) is 1. The number of ether oxygens (including phenoxy) is 1. The van der Waals surface area contributed by atoms with Gasteiger partial charge in [-0.15, -0.1) is 0 Å². The van der Waals surface area contributed by atoms with Crippen molar-refractivity contribution < 1.29 is 14.3 Å². The molecule has 0 saturated carbocycles. The van der Waals surface area contributed by atoms with Crippen LogP contribution < -0.4 is 5.73 Å². The van der Waals surface area contributed by atoms with Gasteiger partial charge in [0.2, 0.25) is 5.91 Å². The van der Waals surface area contributed by atoms with Crippen molar-refractivity contribution in [1.29, 1.82) is 0 Å². The van der Waals surface area contributed by atoms with Gasteiger partial charge in [-0.1, -0.05) is 0 Å². The molecule has 0 aromatic carbocycles. The van der Waals surface area contributed by atoms with Crippen LogP contribution in [0.2, 0.25) is 0 Å². The Bertz CT molecular complexity index is 325. The Hall–Kier alpha value is -1.30. The third-order valence-electron chi connectivity index (χ3n) is 2.92. The quantitative estimate of drug-likeness (QED) is 0.777. The summed E-state index contributed by atoms with van der Waals surface area (Å²) in [6.45, 7) is 6.69. The lowest BCUT2D eigenvalue weighted by Gasteiger charge is -2.28. The maximum absolute atomic E-state index is 11.9. The Balaban J connectivity index is 2.52. The average molecular weight is 257 g/mol. The van der Waals surface area contributed by atoms with Gasteiger partial charge in [0.1, 0.15) is 5.60 Å². The molecule has 2 N–H and O–H groups in total. The third kappa shape index (κ3) is 3.87. The Labute approximate surface area is 108 Å². The molecule has 1 rings (SSSR count). The van der Waals surface area contributed by atoms with Crippen LogP contribution in [-0.2, 0) is 9.53 Å². The van der Waals surface area contributed by atoms with Gasteiger partial charge in [-0.3, -0.25) is 4.79 Å². The number of rotatable bonds is 2. The van der Waals surface area contributed by atoms with Gasteiger partial charge >= 0.3 is 6.09 Å². The van der Waals surface area contributed by atoms with Crippen molar-refractivity contribution >= 4 is 12.0 Å². The van der Waals surface area contributed by atoms with Crippen molar-refractivity contribution in [2.45, 2.75) is 38.8 Å². The van der Waals surface area contributed by atoms with Gasteiger partial charge < -0.3 is 20.3 Å². The number of carbonyl (C=O) groups excluding carboxylic acids is 2. The van der Waals surface area contributed by atoms with E-state index in [2.05, 4.69) is 0 Å². The van der Waals surface area contributed by atoms with Gasteiger partial charge in [0.25, 0.3) is 0 Å². The van der Waals surface area contributed by atoms with E-state index in [9.17, 15) is 9.59 Å². The van der Waals surface area contributed by atoms with Crippen molar-refractivity contribution in [3.63, 3.8) is 0 Å². The zero-order valence-corrected chi connectivity index (χ0v) is 11.6. The van der Waals surface area contributed by atoms with Crippen LogP contribution >= 0.6 is 0 Å². The topological polar surface area (TPSA) is 75.9 Å². The van der Waals surface area contributed by atoms with E-state index in [0.29, 0.717) is 13.1 Å². The highest BCUT2D eigenvalue weighted by atomic mass is 16.6. The molecule has 0 aliphatic carbocycles. The van der Waals surface area contributed by atoms with E-state index in [1.807, 2.05) is 20.8 Å². The summed E-state index contributed by atoms with van der Waals surface area (Å²) >= 11 is 0. The highest BCUT2D eigenvalue weighted by Crippen LogP contribution is 2.17. The first-order chi connectivity index (χ1) is 8.24. The molecule has 2 amide bonds. The van der Waals surface area contributed by atoms with E-state index in [1.54, 1.807) is 16.8 Å². The largest absolute Gasteiger partial charge is 0.444 e. The summed E-state index contributed by atoms with van der Waals surface area (Å²) in [5.74, 6) is -0.0740. The van der Waals surface area contributed by atoms with Crippen molar-refractivity contribution in [2.75, 3.05) is 26.7 Å².